The first-order valence-electron chi connectivity index (χ1n) is 8.35. The summed E-state index contributed by atoms with van der Waals surface area (Å²) >= 11 is 0. The zero-order chi connectivity index (χ0) is 20.1. The number of rotatable bonds is 7. The predicted octanol–water partition coefficient (Wildman–Crippen LogP) is 0.860. The van der Waals surface area contributed by atoms with Gasteiger partial charge in [0.15, 0.2) is 11.5 Å². The molecule has 1 aromatic carbocycles. The Morgan fingerprint density at radius 1 is 1.33 bits per heavy atom. The van der Waals surface area contributed by atoms with Gasteiger partial charge in [-0.1, -0.05) is 19.9 Å². The van der Waals surface area contributed by atoms with Gasteiger partial charge in [0.2, 0.25) is 5.69 Å². The number of hydrogen-bond acceptors (Lipinski definition) is 6. The number of hydrogen-bond donors (Lipinski definition) is 3. The fourth-order valence-corrected chi connectivity index (χ4v) is 2.56. The van der Waals surface area contributed by atoms with Crippen molar-refractivity contribution in [3.05, 3.63) is 50.7 Å². The van der Waals surface area contributed by atoms with Crippen molar-refractivity contribution in [2.24, 2.45) is 5.92 Å². The highest BCUT2D eigenvalue weighted by Crippen LogP contribution is 2.26. The van der Waals surface area contributed by atoms with Crippen molar-refractivity contribution in [1.29, 1.82) is 0 Å². The number of H-pyrrole nitrogens is 1. The van der Waals surface area contributed by atoms with Crippen molar-refractivity contribution >= 4 is 5.91 Å². The summed E-state index contributed by atoms with van der Waals surface area (Å²) in [5.74, 6) is -0.613. The number of aromatic amines is 1. The summed E-state index contributed by atoms with van der Waals surface area (Å²) in [5.41, 5.74) is -0.237. The molecule has 0 spiro atoms. The molecule has 1 amide bonds. The molecule has 1 aromatic heterocycles. The molecule has 0 saturated carbocycles. The van der Waals surface area contributed by atoms with Crippen LogP contribution in [0.1, 0.15) is 35.6 Å². The van der Waals surface area contributed by atoms with Gasteiger partial charge in [0, 0.05) is 13.0 Å². The van der Waals surface area contributed by atoms with E-state index >= 15 is 0 Å². The normalized spacial score (nSPS) is 10.7. The Labute approximate surface area is 156 Å². The van der Waals surface area contributed by atoms with E-state index in [9.17, 15) is 19.9 Å². The average molecular weight is 377 g/mol. The largest absolute Gasteiger partial charge is 0.616 e. The Kier molecular flexibility index (Phi) is 6.27. The Bertz CT molecular complexity index is 891. The number of phenols is 1. The molecule has 0 fully saturated rings. The highest BCUT2D eigenvalue weighted by atomic mass is 16.5. The van der Waals surface area contributed by atoms with Crippen molar-refractivity contribution in [1.82, 2.24) is 10.3 Å². The van der Waals surface area contributed by atoms with Gasteiger partial charge in [-0.3, -0.25) is 9.59 Å². The molecule has 27 heavy (non-hydrogen) atoms. The Morgan fingerprint density at radius 3 is 2.63 bits per heavy atom. The molecule has 0 saturated heterocycles. The number of methoxy groups -OCH3 is 2. The molecule has 0 radical (unpaired) electrons. The minimum atomic E-state index is -0.670. The summed E-state index contributed by atoms with van der Waals surface area (Å²) in [6.45, 7) is 3.84. The minimum absolute atomic E-state index is 0.0123. The number of carbonyl (C=O) groups is 1. The first-order valence-corrected chi connectivity index (χ1v) is 8.35. The van der Waals surface area contributed by atoms with Gasteiger partial charge in [-0.25, -0.2) is 0 Å². The van der Waals surface area contributed by atoms with Crippen LogP contribution in [0.2, 0.25) is 0 Å². The summed E-state index contributed by atoms with van der Waals surface area (Å²) < 4.78 is 10.4. The van der Waals surface area contributed by atoms with Crippen LogP contribution in [0.5, 0.6) is 17.4 Å². The fraction of sp³-hybridized carbons (Fsp3) is 0.389. The predicted molar refractivity (Wildman–Crippen MR) is 96.9 cm³/mol. The maximum absolute atomic E-state index is 12.5. The minimum Gasteiger partial charge on any atom is -0.616 e. The highest BCUT2D eigenvalue weighted by molar-refractivity contribution is 5.93. The van der Waals surface area contributed by atoms with Crippen LogP contribution in [-0.2, 0) is 13.0 Å². The molecule has 0 aliphatic heterocycles. The second-order valence-corrected chi connectivity index (χ2v) is 6.37. The summed E-state index contributed by atoms with van der Waals surface area (Å²) in [6, 6.07) is 4.61. The first-order chi connectivity index (χ1) is 12.8. The Hall–Kier alpha value is -3.23. The SMILES string of the molecule is COc1cc(CNC(=O)c2[nH]c(=O)c(CC(C)C)[n+]([O-])c2OC)ccc1O. The second-order valence-electron chi connectivity index (χ2n) is 6.37. The van der Waals surface area contributed by atoms with Gasteiger partial charge in [0.25, 0.3) is 11.6 Å². The van der Waals surface area contributed by atoms with Gasteiger partial charge in [0.05, 0.1) is 14.2 Å². The fourth-order valence-electron chi connectivity index (χ4n) is 2.56. The molecular formula is C18H23N3O6. The summed E-state index contributed by atoms with van der Waals surface area (Å²) in [6.07, 6.45) is 0.254. The molecule has 3 N–H and O–H groups in total. The van der Waals surface area contributed by atoms with E-state index in [0.29, 0.717) is 10.3 Å². The van der Waals surface area contributed by atoms with Crippen LogP contribution < -0.4 is 25.1 Å². The Morgan fingerprint density at radius 2 is 2.04 bits per heavy atom. The molecule has 0 aliphatic rings. The van der Waals surface area contributed by atoms with E-state index in [1.165, 1.54) is 20.3 Å². The molecule has 1 heterocycles. The molecule has 0 unspecified atom stereocenters. The quantitative estimate of drug-likeness (QED) is 0.485. The van der Waals surface area contributed by atoms with Crippen LogP contribution in [0.3, 0.4) is 0 Å². The van der Waals surface area contributed by atoms with Gasteiger partial charge >= 0.3 is 11.4 Å². The summed E-state index contributed by atoms with van der Waals surface area (Å²) in [7, 11) is 2.67. The monoisotopic (exact) mass is 377 g/mol. The van der Waals surface area contributed by atoms with Gasteiger partial charge in [0.1, 0.15) is 0 Å². The van der Waals surface area contributed by atoms with Crippen molar-refractivity contribution in [3.8, 4) is 17.4 Å². The maximum Gasteiger partial charge on any atom is 0.409 e. The van der Waals surface area contributed by atoms with E-state index in [4.69, 9.17) is 9.47 Å². The third kappa shape index (κ3) is 4.49. The van der Waals surface area contributed by atoms with E-state index < -0.39 is 11.5 Å². The number of ether oxygens (including phenoxy) is 2. The number of phenolic OH excluding ortho intramolecular Hbond substituents is 1. The van der Waals surface area contributed by atoms with Crippen molar-refractivity contribution < 1.29 is 24.1 Å². The molecule has 9 nitrogen and oxygen atoms in total. The smallest absolute Gasteiger partial charge is 0.409 e. The zero-order valence-electron chi connectivity index (χ0n) is 15.7. The van der Waals surface area contributed by atoms with Crippen molar-refractivity contribution in [2.45, 2.75) is 26.8 Å². The number of amides is 1. The van der Waals surface area contributed by atoms with Crippen LogP contribution in [0.15, 0.2) is 23.0 Å². The standard InChI is InChI=1S/C18H23N3O6/c1-10(2)7-12-16(23)20-15(18(27-4)21(12)25)17(24)19-9-11-5-6-13(22)14(8-11)26-3/h5-6,8,10,22H,7,9H2,1-4H3,(H,19,24)(H,20,23). The van der Waals surface area contributed by atoms with E-state index in [1.54, 1.807) is 12.1 Å². The van der Waals surface area contributed by atoms with Gasteiger partial charge in [-0.15, -0.1) is 4.73 Å². The number of aromatic nitrogens is 2. The number of aromatic hydroxyl groups is 1. The first kappa shape index (κ1) is 20.1. The van der Waals surface area contributed by atoms with Gasteiger partial charge in [-0.05, 0) is 23.6 Å². The number of benzene rings is 1. The third-order valence-electron chi connectivity index (χ3n) is 3.86. The summed E-state index contributed by atoms with van der Waals surface area (Å²) in [5, 5.41) is 24.6. The van der Waals surface area contributed by atoms with Crippen molar-refractivity contribution in [2.75, 3.05) is 14.2 Å². The topological polar surface area (TPSA) is 128 Å². The lowest BCUT2D eigenvalue weighted by Gasteiger charge is -2.12. The van der Waals surface area contributed by atoms with Crippen LogP contribution in [0.4, 0.5) is 0 Å². The molecular weight excluding hydrogens is 354 g/mol. The molecule has 0 bridgehead atoms. The van der Waals surface area contributed by atoms with E-state index in [-0.39, 0.29) is 47.7 Å². The number of nitrogens with one attached hydrogen (secondary N) is 2. The summed E-state index contributed by atoms with van der Waals surface area (Å²) in [4.78, 5) is 27.1. The van der Waals surface area contributed by atoms with E-state index in [0.717, 1.165) is 0 Å². The van der Waals surface area contributed by atoms with Gasteiger partial charge < -0.3 is 30.1 Å². The number of carbonyl (C=O) groups excluding carboxylic acids is 1. The highest BCUT2D eigenvalue weighted by Gasteiger charge is 2.27. The van der Waals surface area contributed by atoms with Crippen LogP contribution in [0.25, 0.3) is 0 Å². The molecule has 146 valence electrons. The molecule has 9 heteroatoms. The molecule has 0 aliphatic carbocycles. The van der Waals surface area contributed by atoms with Gasteiger partial charge in [-0.2, -0.15) is 0 Å². The maximum atomic E-state index is 12.5. The van der Waals surface area contributed by atoms with Crippen LogP contribution in [-0.4, -0.2) is 30.2 Å². The Balaban J connectivity index is 2.27. The molecule has 0 atom stereocenters. The van der Waals surface area contributed by atoms with Crippen LogP contribution >= 0.6 is 0 Å². The molecule has 2 aromatic rings. The van der Waals surface area contributed by atoms with E-state index in [1.807, 2.05) is 13.8 Å². The van der Waals surface area contributed by atoms with Crippen molar-refractivity contribution in [3.63, 3.8) is 0 Å². The zero-order valence-corrected chi connectivity index (χ0v) is 15.7. The molecule has 2 rings (SSSR count). The van der Waals surface area contributed by atoms with E-state index in [2.05, 4.69) is 10.3 Å². The third-order valence-corrected chi connectivity index (χ3v) is 3.86. The number of nitrogens with zero attached hydrogens (tertiary/aromatic N) is 1. The lowest BCUT2D eigenvalue weighted by molar-refractivity contribution is -0.622. The average Bonchev–Trinajstić information content (AvgIpc) is 2.63. The lowest BCUT2D eigenvalue weighted by atomic mass is 10.1. The van der Waals surface area contributed by atoms with Crippen LogP contribution in [0, 0.1) is 11.1 Å². The lowest BCUT2D eigenvalue weighted by Crippen LogP contribution is -2.44. The second kappa shape index (κ2) is 8.43.